The zero-order chi connectivity index (χ0) is 16.4. The lowest BCUT2D eigenvalue weighted by Gasteiger charge is -2.27. The molecule has 0 unspecified atom stereocenters. The highest BCUT2D eigenvalue weighted by Crippen LogP contribution is 2.26. The molecule has 23 heavy (non-hydrogen) atoms. The lowest BCUT2D eigenvalue weighted by Crippen LogP contribution is -2.46. The molecule has 1 aromatic heterocycles. The van der Waals surface area contributed by atoms with Gasteiger partial charge in [0.15, 0.2) is 5.52 Å². The van der Waals surface area contributed by atoms with Crippen molar-refractivity contribution in [1.82, 2.24) is 25.3 Å². The van der Waals surface area contributed by atoms with Gasteiger partial charge in [-0.25, -0.2) is 17.8 Å². The number of benzene rings is 1. The molecule has 9 heteroatoms. The Hall–Kier alpha value is -1.55. The van der Waals surface area contributed by atoms with Gasteiger partial charge in [0.1, 0.15) is 10.4 Å². The van der Waals surface area contributed by atoms with Crippen molar-refractivity contribution in [2.45, 2.75) is 18.7 Å². The summed E-state index contributed by atoms with van der Waals surface area (Å²) in [6.45, 7) is 8.41. The minimum absolute atomic E-state index is 0.152. The predicted octanol–water partition coefficient (Wildman–Crippen LogP) is 0.0231. The molecule has 0 spiro atoms. The van der Waals surface area contributed by atoms with E-state index in [4.69, 9.17) is 4.63 Å². The molecule has 1 fully saturated rings. The molecule has 2 aromatic rings. The molecule has 8 nitrogen and oxygen atoms in total. The fourth-order valence-corrected chi connectivity index (χ4v) is 4.30. The van der Waals surface area contributed by atoms with Crippen molar-refractivity contribution in [2.75, 3.05) is 39.3 Å². The minimum atomic E-state index is -3.66. The van der Waals surface area contributed by atoms with Crippen molar-refractivity contribution >= 4 is 21.1 Å². The van der Waals surface area contributed by atoms with Gasteiger partial charge in [-0.2, -0.15) is 0 Å². The smallest absolute Gasteiger partial charge is 0.243 e. The number of hydrogen-bond donors (Lipinski definition) is 2. The second-order valence-electron chi connectivity index (χ2n) is 5.79. The van der Waals surface area contributed by atoms with E-state index in [1.165, 1.54) is 0 Å². The Morgan fingerprint density at radius 2 is 1.91 bits per heavy atom. The molecule has 2 heterocycles. The third-order valence-electron chi connectivity index (χ3n) is 4.07. The number of piperazine rings is 1. The highest BCUT2D eigenvalue weighted by molar-refractivity contribution is 7.89. The number of aromatic nitrogens is 2. The van der Waals surface area contributed by atoms with Crippen LogP contribution in [0.15, 0.2) is 15.6 Å². The van der Waals surface area contributed by atoms with E-state index in [9.17, 15) is 8.42 Å². The van der Waals surface area contributed by atoms with Crippen LogP contribution in [0.5, 0.6) is 0 Å². The van der Waals surface area contributed by atoms with Crippen LogP contribution in [0.25, 0.3) is 11.0 Å². The Morgan fingerprint density at radius 1 is 1.22 bits per heavy atom. The van der Waals surface area contributed by atoms with E-state index in [0.717, 1.165) is 31.7 Å². The highest BCUT2D eigenvalue weighted by Gasteiger charge is 2.24. The fraction of sp³-hybridized carbons (Fsp3) is 0.571. The molecule has 0 amide bonds. The van der Waals surface area contributed by atoms with Crippen molar-refractivity contribution in [2.24, 2.45) is 0 Å². The first-order valence-electron chi connectivity index (χ1n) is 7.64. The zero-order valence-electron chi connectivity index (χ0n) is 13.3. The monoisotopic (exact) mass is 339 g/mol. The van der Waals surface area contributed by atoms with Gasteiger partial charge in [0, 0.05) is 39.3 Å². The third-order valence-corrected chi connectivity index (χ3v) is 5.70. The number of hydrogen-bond acceptors (Lipinski definition) is 7. The summed E-state index contributed by atoms with van der Waals surface area (Å²) in [6, 6.07) is 1.79. The Balaban J connectivity index is 1.78. The molecule has 1 aromatic carbocycles. The van der Waals surface area contributed by atoms with Crippen LogP contribution in [0.4, 0.5) is 0 Å². The van der Waals surface area contributed by atoms with Gasteiger partial charge < -0.3 is 5.32 Å². The summed E-state index contributed by atoms with van der Waals surface area (Å²) in [4.78, 5) is 2.38. The first-order valence-corrected chi connectivity index (χ1v) is 9.12. The highest BCUT2D eigenvalue weighted by atomic mass is 32.2. The van der Waals surface area contributed by atoms with Gasteiger partial charge >= 0.3 is 0 Å². The molecular formula is C14H21N5O3S. The summed E-state index contributed by atoms with van der Waals surface area (Å²) in [5.41, 5.74) is 2.26. The summed E-state index contributed by atoms with van der Waals surface area (Å²) in [5, 5.41) is 10.8. The van der Waals surface area contributed by atoms with Gasteiger partial charge in [-0.15, -0.1) is 0 Å². The normalized spacial score (nSPS) is 17.0. The van der Waals surface area contributed by atoms with E-state index < -0.39 is 10.0 Å². The van der Waals surface area contributed by atoms with Gasteiger partial charge in [-0.1, -0.05) is 6.07 Å². The van der Waals surface area contributed by atoms with Crippen LogP contribution in [0.2, 0.25) is 0 Å². The molecule has 0 saturated carbocycles. The molecule has 0 aliphatic carbocycles. The lowest BCUT2D eigenvalue weighted by molar-refractivity contribution is 0.245. The Bertz CT molecular complexity index is 796. The van der Waals surface area contributed by atoms with Crippen molar-refractivity contribution in [1.29, 1.82) is 0 Å². The van der Waals surface area contributed by atoms with Gasteiger partial charge in [0.05, 0.1) is 0 Å². The molecule has 1 aliphatic rings. The number of fused-ring (bicyclic) bond motifs is 1. The van der Waals surface area contributed by atoms with Crippen LogP contribution in [0.1, 0.15) is 11.1 Å². The quantitative estimate of drug-likeness (QED) is 0.792. The number of nitrogens with zero attached hydrogens (tertiary/aromatic N) is 3. The van der Waals surface area contributed by atoms with E-state index in [2.05, 4.69) is 25.3 Å². The first kappa shape index (κ1) is 16.3. The van der Waals surface area contributed by atoms with E-state index >= 15 is 0 Å². The Labute approximate surface area is 135 Å². The molecule has 126 valence electrons. The van der Waals surface area contributed by atoms with Gasteiger partial charge in [-0.05, 0) is 35.3 Å². The van der Waals surface area contributed by atoms with Crippen LogP contribution in [0.3, 0.4) is 0 Å². The third kappa shape index (κ3) is 3.37. The summed E-state index contributed by atoms with van der Waals surface area (Å²) < 4.78 is 32.7. The van der Waals surface area contributed by atoms with Gasteiger partial charge in [0.2, 0.25) is 10.0 Å². The maximum Gasteiger partial charge on any atom is 0.243 e. The van der Waals surface area contributed by atoms with E-state index in [1.54, 1.807) is 13.0 Å². The van der Waals surface area contributed by atoms with Crippen molar-refractivity contribution in [3.05, 3.63) is 17.2 Å². The maximum absolute atomic E-state index is 12.7. The summed E-state index contributed by atoms with van der Waals surface area (Å²) in [5.74, 6) is 0. The van der Waals surface area contributed by atoms with Gasteiger partial charge in [0.25, 0.3) is 0 Å². The largest absolute Gasteiger partial charge is 0.314 e. The van der Waals surface area contributed by atoms with Crippen LogP contribution in [-0.2, 0) is 10.0 Å². The average molecular weight is 339 g/mol. The summed E-state index contributed by atoms with van der Waals surface area (Å²) >= 11 is 0. The molecule has 0 bridgehead atoms. The minimum Gasteiger partial charge on any atom is -0.314 e. The summed E-state index contributed by atoms with van der Waals surface area (Å²) in [6.07, 6.45) is 0. The Kier molecular flexibility index (Phi) is 4.62. The van der Waals surface area contributed by atoms with Crippen molar-refractivity contribution < 1.29 is 13.0 Å². The molecule has 0 radical (unpaired) electrons. The van der Waals surface area contributed by atoms with Crippen LogP contribution in [-0.4, -0.2) is 62.9 Å². The Morgan fingerprint density at radius 3 is 2.65 bits per heavy atom. The standard InChI is InChI=1S/C14H21N5O3S/c1-10-9-11(2)14(13-12(10)17-22-18-13)23(20,21)16-5-8-19-6-3-15-4-7-19/h9,15-16H,3-8H2,1-2H3. The number of nitrogens with one attached hydrogen (secondary N) is 2. The molecule has 2 N–H and O–H groups in total. The van der Waals surface area contributed by atoms with Crippen LogP contribution >= 0.6 is 0 Å². The maximum atomic E-state index is 12.7. The second kappa shape index (κ2) is 6.52. The van der Waals surface area contributed by atoms with E-state index in [0.29, 0.717) is 24.2 Å². The number of aryl methyl sites for hydroxylation is 2. The van der Waals surface area contributed by atoms with Crippen LogP contribution < -0.4 is 10.0 Å². The molecule has 1 aliphatic heterocycles. The zero-order valence-corrected chi connectivity index (χ0v) is 14.1. The lowest BCUT2D eigenvalue weighted by atomic mass is 10.1. The SMILES string of the molecule is Cc1cc(C)c2nonc2c1S(=O)(=O)NCCN1CCNCC1. The van der Waals surface area contributed by atoms with E-state index in [-0.39, 0.29) is 10.4 Å². The fourth-order valence-electron chi connectivity index (χ4n) is 2.93. The molecule has 0 atom stereocenters. The second-order valence-corrected chi connectivity index (χ2v) is 7.49. The molecule has 1 saturated heterocycles. The first-order chi connectivity index (χ1) is 11.0. The predicted molar refractivity (Wildman–Crippen MR) is 85.8 cm³/mol. The number of rotatable bonds is 5. The van der Waals surface area contributed by atoms with Crippen molar-refractivity contribution in [3.8, 4) is 0 Å². The van der Waals surface area contributed by atoms with Crippen LogP contribution in [0, 0.1) is 13.8 Å². The summed E-state index contributed by atoms with van der Waals surface area (Å²) in [7, 11) is -3.66. The number of sulfonamides is 1. The average Bonchev–Trinajstić information content (AvgIpc) is 2.97. The van der Waals surface area contributed by atoms with Crippen molar-refractivity contribution in [3.63, 3.8) is 0 Å². The molecular weight excluding hydrogens is 318 g/mol. The van der Waals surface area contributed by atoms with Gasteiger partial charge in [-0.3, -0.25) is 4.90 Å². The topological polar surface area (TPSA) is 100 Å². The van der Waals surface area contributed by atoms with E-state index in [1.807, 2.05) is 6.92 Å². The molecule has 3 rings (SSSR count).